The van der Waals surface area contributed by atoms with Crippen LogP contribution in [0.5, 0.6) is 0 Å². The molecule has 0 aromatic heterocycles. The van der Waals surface area contributed by atoms with E-state index in [4.69, 9.17) is 5.11 Å². The summed E-state index contributed by atoms with van der Waals surface area (Å²) in [7, 11) is 2.00. The summed E-state index contributed by atoms with van der Waals surface area (Å²) >= 11 is 0. The van der Waals surface area contributed by atoms with Gasteiger partial charge in [-0.3, -0.25) is 4.90 Å². The Labute approximate surface area is 114 Å². The number of benzene rings is 1. The molecule has 0 aliphatic heterocycles. The van der Waals surface area contributed by atoms with E-state index in [0.717, 1.165) is 12.0 Å². The van der Waals surface area contributed by atoms with Crippen LogP contribution in [-0.2, 0) is 6.54 Å². The van der Waals surface area contributed by atoms with E-state index in [1.54, 1.807) is 6.07 Å². The van der Waals surface area contributed by atoms with E-state index >= 15 is 0 Å². The lowest BCUT2D eigenvalue weighted by atomic mass is 10.0. The SMILES string of the molecule is CC(C)CC(C)N(C)Cc1ccc(C(=O)O)c(F)c1. The molecule has 0 saturated carbocycles. The monoisotopic (exact) mass is 267 g/mol. The molecule has 0 aliphatic rings. The fourth-order valence-corrected chi connectivity index (χ4v) is 2.14. The molecule has 1 N–H and O–H groups in total. The van der Waals surface area contributed by atoms with Gasteiger partial charge in [-0.05, 0) is 44.0 Å². The number of halogens is 1. The number of carboxylic acids is 1. The van der Waals surface area contributed by atoms with Crippen LogP contribution in [0.15, 0.2) is 18.2 Å². The van der Waals surface area contributed by atoms with Gasteiger partial charge in [0.25, 0.3) is 0 Å². The molecule has 1 atom stereocenters. The Morgan fingerprint density at radius 2 is 2.00 bits per heavy atom. The van der Waals surface area contributed by atoms with Crippen molar-refractivity contribution in [1.82, 2.24) is 4.90 Å². The highest BCUT2D eigenvalue weighted by Gasteiger charge is 2.14. The molecule has 0 saturated heterocycles. The van der Waals surface area contributed by atoms with Gasteiger partial charge in [0.05, 0.1) is 5.56 Å². The third-order valence-electron chi connectivity index (χ3n) is 3.26. The first-order valence-corrected chi connectivity index (χ1v) is 6.53. The van der Waals surface area contributed by atoms with E-state index in [-0.39, 0.29) is 5.56 Å². The van der Waals surface area contributed by atoms with Crippen molar-refractivity contribution in [2.75, 3.05) is 7.05 Å². The van der Waals surface area contributed by atoms with Crippen molar-refractivity contribution < 1.29 is 14.3 Å². The summed E-state index contributed by atoms with van der Waals surface area (Å²) in [6.07, 6.45) is 1.08. The van der Waals surface area contributed by atoms with Crippen LogP contribution in [0, 0.1) is 11.7 Å². The first-order valence-electron chi connectivity index (χ1n) is 6.53. The van der Waals surface area contributed by atoms with Gasteiger partial charge in [-0.15, -0.1) is 0 Å². The molecule has 1 rings (SSSR count). The van der Waals surface area contributed by atoms with Crippen molar-refractivity contribution in [2.24, 2.45) is 5.92 Å². The maximum Gasteiger partial charge on any atom is 0.338 e. The third kappa shape index (κ3) is 4.63. The number of rotatable bonds is 6. The van der Waals surface area contributed by atoms with E-state index in [2.05, 4.69) is 25.7 Å². The van der Waals surface area contributed by atoms with Gasteiger partial charge in [0.2, 0.25) is 0 Å². The van der Waals surface area contributed by atoms with Crippen LogP contribution in [0.2, 0.25) is 0 Å². The van der Waals surface area contributed by atoms with E-state index in [0.29, 0.717) is 18.5 Å². The highest BCUT2D eigenvalue weighted by Crippen LogP contribution is 2.15. The van der Waals surface area contributed by atoms with Crippen LogP contribution in [-0.4, -0.2) is 29.1 Å². The van der Waals surface area contributed by atoms with Crippen molar-refractivity contribution in [3.63, 3.8) is 0 Å². The topological polar surface area (TPSA) is 40.5 Å². The quantitative estimate of drug-likeness (QED) is 0.859. The van der Waals surface area contributed by atoms with E-state index in [1.807, 2.05) is 7.05 Å². The molecule has 1 aromatic rings. The predicted octanol–water partition coefficient (Wildman–Crippen LogP) is 3.39. The highest BCUT2D eigenvalue weighted by molar-refractivity contribution is 5.87. The summed E-state index contributed by atoms with van der Waals surface area (Å²) < 4.78 is 13.6. The number of carboxylic acid groups (broad SMARTS) is 1. The second kappa shape index (κ2) is 6.66. The molecule has 4 heteroatoms. The summed E-state index contributed by atoms with van der Waals surface area (Å²) in [4.78, 5) is 12.9. The van der Waals surface area contributed by atoms with Crippen LogP contribution in [0.1, 0.15) is 43.1 Å². The highest BCUT2D eigenvalue weighted by atomic mass is 19.1. The number of aromatic carboxylic acids is 1. The zero-order chi connectivity index (χ0) is 14.6. The van der Waals surface area contributed by atoms with Crippen molar-refractivity contribution in [2.45, 2.75) is 39.8 Å². The van der Waals surface area contributed by atoms with Gasteiger partial charge in [0, 0.05) is 12.6 Å². The van der Waals surface area contributed by atoms with E-state index in [9.17, 15) is 9.18 Å². The lowest BCUT2D eigenvalue weighted by Gasteiger charge is -2.26. The normalized spacial score (nSPS) is 13.0. The molecule has 0 aliphatic carbocycles. The molecule has 0 heterocycles. The van der Waals surface area contributed by atoms with Gasteiger partial charge in [0.1, 0.15) is 5.82 Å². The van der Waals surface area contributed by atoms with Gasteiger partial charge in [-0.2, -0.15) is 0 Å². The Hall–Kier alpha value is -1.42. The maximum atomic E-state index is 13.6. The molecule has 1 unspecified atom stereocenters. The second-order valence-electron chi connectivity index (χ2n) is 5.51. The average Bonchev–Trinajstić information content (AvgIpc) is 2.27. The minimum absolute atomic E-state index is 0.276. The van der Waals surface area contributed by atoms with Crippen LogP contribution < -0.4 is 0 Å². The Balaban J connectivity index is 2.72. The second-order valence-corrected chi connectivity index (χ2v) is 5.51. The number of hydrogen-bond donors (Lipinski definition) is 1. The summed E-state index contributed by atoms with van der Waals surface area (Å²) in [5.41, 5.74) is 0.516. The summed E-state index contributed by atoms with van der Waals surface area (Å²) in [5.74, 6) is -1.29. The standard InChI is InChI=1S/C15H22FNO2/c1-10(2)7-11(3)17(4)9-12-5-6-13(15(18)19)14(16)8-12/h5-6,8,10-11H,7,9H2,1-4H3,(H,18,19). The molecule has 0 amide bonds. The smallest absolute Gasteiger partial charge is 0.338 e. The first-order chi connectivity index (χ1) is 8.81. The predicted molar refractivity (Wildman–Crippen MR) is 73.7 cm³/mol. The number of hydrogen-bond acceptors (Lipinski definition) is 2. The molecule has 3 nitrogen and oxygen atoms in total. The zero-order valence-corrected chi connectivity index (χ0v) is 12.0. The summed E-state index contributed by atoms with van der Waals surface area (Å²) in [6, 6.07) is 4.71. The van der Waals surface area contributed by atoms with Crippen molar-refractivity contribution in [3.05, 3.63) is 35.1 Å². The van der Waals surface area contributed by atoms with Crippen LogP contribution >= 0.6 is 0 Å². The van der Waals surface area contributed by atoms with Crippen molar-refractivity contribution in [1.29, 1.82) is 0 Å². The molecule has 0 radical (unpaired) electrons. The third-order valence-corrected chi connectivity index (χ3v) is 3.26. The van der Waals surface area contributed by atoms with Crippen LogP contribution in [0.4, 0.5) is 4.39 Å². The van der Waals surface area contributed by atoms with E-state index in [1.165, 1.54) is 12.1 Å². The van der Waals surface area contributed by atoms with Gasteiger partial charge >= 0.3 is 5.97 Å². The molecular formula is C15H22FNO2. The van der Waals surface area contributed by atoms with E-state index < -0.39 is 11.8 Å². The zero-order valence-electron chi connectivity index (χ0n) is 12.0. The summed E-state index contributed by atoms with van der Waals surface area (Å²) in [5, 5.41) is 8.78. The van der Waals surface area contributed by atoms with Gasteiger partial charge in [-0.1, -0.05) is 19.9 Å². The van der Waals surface area contributed by atoms with Gasteiger partial charge in [0.15, 0.2) is 0 Å². The van der Waals surface area contributed by atoms with Gasteiger partial charge < -0.3 is 5.11 Å². The Morgan fingerprint density at radius 1 is 1.37 bits per heavy atom. The first kappa shape index (κ1) is 15.6. The van der Waals surface area contributed by atoms with Crippen LogP contribution in [0.25, 0.3) is 0 Å². The molecule has 0 bridgehead atoms. The molecule has 1 aromatic carbocycles. The van der Waals surface area contributed by atoms with Gasteiger partial charge in [-0.25, -0.2) is 9.18 Å². The minimum atomic E-state index is -1.23. The Bertz CT molecular complexity index is 446. The van der Waals surface area contributed by atoms with Crippen molar-refractivity contribution in [3.8, 4) is 0 Å². The fraction of sp³-hybridized carbons (Fsp3) is 0.533. The number of carbonyl (C=O) groups is 1. The average molecular weight is 267 g/mol. The molecular weight excluding hydrogens is 245 g/mol. The minimum Gasteiger partial charge on any atom is -0.478 e. The molecule has 0 spiro atoms. The summed E-state index contributed by atoms with van der Waals surface area (Å²) in [6.45, 7) is 7.10. The number of nitrogens with zero attached hydrogens (tertiary/aromatic N) is 1. The molecule has 106 valence electrons. The van der Waals surface area contributed by atoms with Crippen LogP contribution in [0.3, 0.4) is 0 Å². The lowest BCUT2D eigenvalue weighted by Crippen LogP contribution is -2.29. The molecule has 0 fully saturated rings. The maximum absolute atomic E-state index is 13.6. The largest absolute Gasteiger partial charge is 0.478 e. The molecule has 19 heavy (non-hydrogen) atoms. The Kier molecular flexibility index (Phi) is 5.48. The fourth-order valence-electron chi connectivity index (χ4n) is 2.14. The van der Waals surface area contributed by atoms with Crippen molar-refractivity contribution >= 4 is 5.97 Å². The Morgan fingerprint density at radius 3 is 2.47 bits per heavy atom. The lowest BCUT2D eigenvalue weighted by molar-refractivity contribution is 0.0692.